The summed E-state index contributed by atoms with van der Waals surface area (Å²) in [5.74, 6) is 0.0639. The van der Waals surface area contributed by atoms with Crippen LogP contribution in [0.4, 0.5) is 5.69 Å². The molecule has 20 heavy (non-hydrogen) atoms. The van der Waals surface area contributed by atoms with Crippen LogP contribution in [0.2, 0.25) is 0 Å². The van der Waals surface area contributed by atoms with Gasteiger partial charge in [-0.15, -0.1) is 0 Å². The molecule has 2 aliphatic rings. The van der Waals surface area contributed by atoms with Gasteiger partial charge in [-0.1, -0.05) is 22.4 Å². The summed E-state index contributed by atoms with van der Waals surface area (Å²) in [5, 5.41) is 0. The largest absolute Gasteiger partial charge is 0.398 e. The number of amides is 1. The van der Waals surface area contributed by atoms with E-state index < -0.39 is 0 Å². The van der Waals surface area contributed by atoms with Gasteiger partial charge in [-0.2, -0.15) is 0 Å². The van der Waals surface area contributed by atoms with Crippen LogP contribution in [0.15, 0.2) is 22.7 Å². The fraction of sp³-hybridized carbons (Fsp3) is 0.533. The lowest BCUT2D eigenvalue weighted by Gasteiger charge is -2.44. The van der Waals surface area contributed by atoms with Crippen molar-refractivity contribution in [1.82, 2.24) is 9.80 Å². The van der Waals surface area contributed by atoms with Gasteiger partial charge in [0.05, 0.1) is 5.56 Å². The smallest absolute Gasteiger partial charge is 0.256 e. The van der Waals surface area contributed by atoms with Gasteiger partial charge >= 0.3 is 0 Å². The van der Waals surface area contributed by atoms with Gasteiger partial charge in [-0.05, 0) is 37.6 Å². The van der Waals surface area contributed by atoms with Gasteiger partial charge in [-0.25, -0.2) is 0 Å². The normalized spacial score (nSPS) is 23.4. The Hall–Kier alpha value is -1.07. The highest BCUT2D eigenvalue weighted by Crippen LogP contribution is 2.24. The van der Waals surface area contributed by atoms with Crippen molar-refractivity contribution in [2.75, 3.05) is 31.9 Å². The molecule has 3 rings (SSSR count). The van der Waals surface area contributed by atoms with Crippen LogP contribution in [0.1, 0.15) is 29.6 Å². The van der Waals surface area contributed by atoms with Crippen LogP contribution < -0.4 is 5.73 Å². The molecule has 2 aliphatic heterocycles. The van der Waals surface area contributed by atoms with Crippen molar-refractivity contribution in [3.8, 4) is 0 Å². The van der Waals surface area contributed by atoms with E-state index in [1.54, 1.807) is 6.07 Å². The third-order valence-electron chi connectivity index (χ3n) is 4.37. The summed E-state index contributed by atoms with van der Waals surface area (Å²) in [6, 6.07) is 6.01. The van der Waals surface area contributed by atoms with E-state index in [0.29, 0.717) is 17.3 Å². The third kappa shape index (κ3) is 2.69. The number of piperazine rings is 1. The maximum atomic E-state index is 12.7. The minimum atomic E-state index is 0.0639. The molecular weight excluding hydrogens is 318 g/mol. The van der Waals surface area contributed by atoms with Gasteiger partial charge in [0.1, 0.15) is 0 Å². The monoisotopic (exact) mass is 337 g/mol. The number of nitrogens with two attached hydrogens (primary N) is 1. The van der Waals surface area contributed by atoms with Crippen LogP contribution in [0.5, 0.6) is 0 Å². The van der Waals surface area contributed by atoms with E-state index in [0.717, 1.165) is 24.1 Å². The second-order valence-corrected chi connectivity index (χ2v) is 6.58. The van der Waals surface area contributed by atoms with E-state index in [2.05, 4.69) is 20.8 Å². The summed E-state index contributed by atoms with van der Waals surface area (Å²) in [6.07, 6.45) is 3.78. The van der Waals surface area contributed by atoms with Crippen molar-refractivity contribution < 1.29 is 4.79 Å². The highest BCUT2D eigenvalue weighted by molar-refractivity contribution is 9.10. The van der Waals surface area contributed by atoms with Crippen LogP contribution in [0.25, 0.3) is 0 Å². The number of piperidine rings is 1. The summed E-state index contributed by atoms with van der Waals surface area (Å²) in [7, 11) is 0. The van der Waals surface area contributed by atoms with Crippen LogP contribution in [-0.4, -0.2) is 47.9 Å². The van der Waals surface area contributed by atoms with E-state index in [-0.39, 0.29) is 5.91 Å². The van der Waals surface area contributed by atoms with Crippen molar-refractivity contribution >= 4 is 27.5 Å². The van der Waals surface area contributed by atoms with E-state index >= 15 is 0 Å². The first kappa shape index (κ1) is 13.9. The fourth-order valence-corrected chi connectivity index (χ4v) is 3.59. The lowest BCUT2D eigenvalue weighted by atomic mass is 9.99. The molecule has 1 amide bonds. The minimum Gasteiger partial charge on any atom is -0.398 e. The first-order chi connectivity index (χ1) is 9.65. The number of carbonyl (C=O) groups is 1. The Bertz CT molecular complexity index is 520. The van der Waals surface area contributed by atoms with E-state index in [4.69, 9.17) is 5.73 Å². The van der Waals surface area contributed by atoms with Gasteiger partial charge in [-0.3, -0.25) is 9.69 Å². The van der Waals surface area contributed by atoms with Gasteiger partial charge in [0.15, 0.2) is 0 Å². The average Bonchev–Trinajstić information content (AvgIpc) is 2.48. The summed E-state index contributed by atoms with van der Waals surface area (Å²) in [4.78, 5) is 17.1. The van der Waals surface area contributed by atoms with Crippen LogP contribution in [0.3, 0.4) is 0 Å². The second-order valence-electron chi connectivity index (χ2n) is 5.67. The molecule has 4 nitrogen and oxygen atoms in total. The van der Waals surface area contributed by atoms with Crippen molar-refractivity contribution in [1.29, 1.82) is 0 Å². The highest BCUT2D eigenvalue weighted by Gasteiger charge is 2.31. The van der Waals surface area contributed by atoms with Gasteiger partial charge in [0, 0.05) is 35.8 Å². The molecular formula is C15H20BrN3O. The number of hydrogen-bond acceptors (Lipinski definition) is 3. The van der Waals surface area contributed by atoms with E-state index in [9.17, 15) is 4.79 Å². The maximum Gasteiger partial charge on any atom is 0.256 e. The SMILES string of the molecule is Nc1ccc(Br)cc1C(=O)N1CCN2CCCCC2C1. The number of nitrogens with zero attached hydrogens (tertiary/aromatic N) is 2. The summed E-state index contributed by atoms with van der Waals surface area (Å²) in [6.45, 7) is 3.82. The summed E-state index contributed by atoms with van der Waals surface area (Å²) >= 11 is 3.41. The molecule has 5 heteroatoms. The van der Waals surface area contributed by atoms with Gasteiger partial charge in [0.2, 0.25) is 0 Å². The number of fused-ring (bicyclic) bond motifs is 1. The number of carbonyl (C=O) groups excluding carboxylic acids is 1. The van der Waals surface area contributed by atoms with Crippen LogP contribution >= 0.6 is 15.9 Å². The molecule has 1 atom stereocenters. The lowest BCUT2D eigenvalue weighted by molar-refractivity contribution is 0.0373. The molecule has 0 spiro atoms. The Morgan fingerprint density at radius 3 is 2.95 bits per heavy atom. The molecule has 0 saturated carbocycles. The Balaban J connectivity index is 1.76. The van der Waals surface area contributed by atoms with Crippen LogP contribution in [-0.2, 0) is 0 Å². The van der Waals surface area contributed by atoms with Gasteiger partial charge < -0.3 is 10.6 Å². The number of hydrogen-bond donors (Lipinski definition) is 1. The minimum absolute atomic E-state index is 0.0639. The molecule has 0 radical (unpaired) electrons. The average molecular weight is 338 g/mol. The van der Waals surface area contributed by atoms with Crippen molar-refractivity contribution in [3.05, 3.63) is 28.2 Å². The topological polar surface area (TPSA) is 49.6 Å². The molecule has 0 aromatic heterocycles. The second kappa shape index (κ2) is 5.74. The number of halogens is 1. The van der Waals surface area contributed by atoms with Crippen molar-refractivity contribution in [3.63, 3.8) is 0 Å². The molecule has 108 valence electrons. The number of benzene rings is 1. The zero-order chi connectivity index (χ0) is 14.1. The van der Waals surface area contributed by atoms with Gasteiger partial charge in [0.25, 0.3) is 5.91 Å². The molecule has 1 unspecified atom stereocenters. The quantitative estimate of drug-likeness (QED) is 0.800. The zero-order valence-corrected chi connectivity index (χ0v) is 13.1. The number of nitrogen functional groups attached to an aromatic ring is 1. The first-order valence-electron chi connectivity index (χ1n) is 7.23. The predicted molar refractivity (Wildman–Crippen MR) is 83.7 cm³/mol. The zero-order valence-electron chi connectivity index (χ0n) is 11.5. The van der Waals surface area contributed by atoms with Crippen molar-refractivity contribution in [2.45, 2.75) is 25.3 Å². The Morgan fingerprint density at radius 2 is 2.10 bits per heavy atom. The molecule has 1 aromatic carbocycles. The van der Waals surface area contributed by atoms with E-state index in [1.165, 1.54) is 25.8 Å². The molecule has 2 fully saturated rings. The molecule has 2 saturated heterocycles. The third-order valence-corrected chi connectivity index (χ3v) is 4.86. The predicted octanol–water partition coefficient (Wildman–Crippen LogP) is 2.34. The molecule has 0 bridgehead atoms. The standard InChI is InChI=1S/C15H20BrN3O/c16-11-4-5-14(17)13(9-11)15(20)19-8-7-18-6-2-1-3-12(18)10-19/h4-5,9,12H,1-3,6-8,10,17H2. The first-order valence-corrected chi connectivity index (χ1v) is 8.03. The molecule has 2 heterocycles. The highest BCUT2D eigenvalue weighted by atomic mass is 79.9. The Labute approximate surface area is 128 Å². The summed E-state index contributed by atoms with van der Waals surface area (Å²) in [5.41, 5.74) is 7.12. The molecule has 2 N–H and O–H groups in total. The summed E-state index contributed by atoms with van der Waals surface area (Å²) < 4.78 is 0.895. The maximum absolute atomic E-state index is 12.7. The molecule has 1 aromatic rings. The van der Waals surface area contributed by atoms with Crippen molar-refractivity contribution in [2.24, 2.45) is 0 Å². The lowest BCUT2D eigenvalue weighted by Crippen LogP contribution is -2.56. The Kier molecular flexibility index (Phi) is 3.98. The Morgan fingerprint density at radius 1 is 1.25 bits per heavy atom. The van der Waals surface area contributed by atoms with Crippen LogP contribution in [0, 0.1) is 0 Å². The molecule has 0 aliphatic carbocycles. The number of anilines is 1. The van der Waals surface area contributed by atoms with E-state index in [1.807, 2.05) is 17.0 Å². The number of rotatable bonds is 1. The fourth-order valence-electron chi connectivity index (χ4n) is 3.22.